The van der Waals surface area contributed by atoms with Gasteiger partial charge in [0.05, 0.1) is 15.0 Å². The molecule has 0 atom stereocenters. The fraction of sp³-hybridized carbons (Fsp3) is 0.0526. The Balaban J connectivity index is 1.77. The van der Waals surface area contributed by atoms with Gasteiger partial charge in [0.15, 0.2) is 0 Å². The van der Waals surface area contributed by atoms with E-state index in [-0.39, 0.29) is 5.82 Å². The lowest BCUT2D eigenvalue weighted by Crippen LogP contribution is -2.10. The third kappa shape index (κ3) is 2.70. The summed E-state index contributed by atoms with van der Waals surface area (Å²) < 4.78 is 19.6. The van der Waals surface area contributed by atoms with Gasteiger partial charge in [0.2, 0.25) is 0 Å². The molecule has 4 rings (SSSR count). The van der Waals surface area contributed by atoms with Crippen LogP contribution < -0.4 is 10.9 Å². The molecule has 0 aliphatic carbocycles. The van der Waals surface area contributed by atoms with Crippen molar-refractivity contribution in [1.82, 2.24) is 0 Å². The van der Waals surface area contributed by atoms with Crippen LogP contribution in [0.25, 0.3) is 21.1 Å². The number of hydrogen-bond acceptors (Lipinski definition) is 4. The third-order valence-corrected chi connectivity index (χ3v) is 5.11. The normalized spacial score (nSPS) is 11.1. The number of para-hydroxylation sites is 1. The highest BCUT2D eigenvalue weighted by Gasteiger charge is 2.16. The van der Waals surface area contributed by atoms with Crippen LogP contribution in [-0.4, -0.2) is 5.91 Å². The van der Waals surface area contributed by atoms with E-state index in [2.05, 4.69) is 5.32 Å². The van der Waals surface area contributed by atoms with E-state index < -0.39 is 11.5 Å². The Hall–Kier alpha value is -2.99. The largest absolute Gasteiger partial charge is 0.422 e. The first-order chi connectivity index (χ1) is 12.0. The molecule has 1 amide bonds. The number of benzene rings is 2. The van der Waals surface area contributed by atoms with Gasteiger partial charge in [-0.15, -0.1) is 11.3 Å². The molecule has 0 saturated heterocycles. The molecule has 0 bridgehead atoms. The van der Waals surface area contributed by atoms with Crippen molar-refractivity contribution in [3.05, 3.63) is 75.2 Å². The summed E-state index contributed by atoms with van der Waals surface area (Å²) in [6, 6.07) is 13.2. The van der Waals surface area contributed by atoms with Crippen LogP contribution in [0, 0.1) is 12.7 Å². The van der Waals surface area contributed by atoms with Crippen LogP contribution in [0.1, 0.15) is 15.2 Å². The zero-order valence-electron chi connectivity index (χ0n) is 13.1. The van der Waals surface area contributed by atoms with Crippen LogP contribution >= 0.6 is 11.3 Å². The molecule has 0 saturated carbocycles. The van der Waals surface area contributed by atoms with E-state index in [0.29, 0.717) is 31.8 Å². The number of hydrogen-bond donors (Lipinski definition) is 1. The molecule has 124 valence electrons. The monoisotopic (exact) mass is 353 g/mol. The van der Waals surface area contributed by atoms with Gasteiger partial charge < -0.3 is 9.73 Å². The van der Waals surface area contributed by atoms with E-state index in [1.165, 1.54) is 23.5 Å². The van der Waals surface area contributed by atoms with Crippen LogP contribution in [0.3, 0.4) is 0 Å². The lowest BCUT2D eigenvalue weighted by atomic mass is 10.2. The molecule has 4 aromatic rings. The van der Waals surface area contributed by atoms with Crippen molar-refractivity contribution in [2.75, 3.05) is 5.32 Å². The first kappa shape index (κ1) is 15.5. The van der Waals surface area contributed by atoms with Crippen LogP contribution in [0.15, 0.2) is 57.7 Å². The molecule has 25 heavy (non-hydrogen) atoms. The van der Waals surface area contributed by atoms with Gasteiger partial charge in [-0.3, -0.25) is 4.79 Å². The average Bonchev–Trinajstić information content (AvgIpc) is 3.05. The van der Waals surface area contributed by atoms with Crippen molar-refractivity contribution in [1.29, 1.82) is 0 Å². The summed E-state index contributed by atoms with van der Waals surface area (Å²) in [6.45, 7) is 1.65. The van der Waals surface area contributed by atoms with Crippen LogP contribution in [0.4, 0.5) is 10.1 Å². The maximum Gasteiger partial charge on any atom is 0.345 e. The topological polar surface area (TPSA) is 59.3 Å². The van der Waals surface area contributed by atoms with Crippen molar-refractivity contribution in [2.24, 2.45) is 0 Å². The van der Waals surface area contributed by atoms with Crippen LogP contribution in [0.5, 0.6) is 0 Å². The van der Waals surface area contributed by atoms with Gasteiger partial charge in [0, 0.05) is 11.1 Å². The minimum atomic E-state index is -0.481. The predicted octanol–water partition coefficient (Wildman–Crippen LogP) is 4.71. The maximum absolute atomic E-state index is 13.6. The Bertz CT molecular complexity index is 1190. The Morgan fingerprint density at radius 3 is 2.72 bits per heavy atom. The quantitative estimate of drug-likeness (QED) is 0.531. The number of amides is 1. The number of thiophene rings is 1. The van der Waals surface area contributed by atoms with Gasteiger partial charge >= 0.3 is 5.63 Å². The first-order valence-electron chi connectivity index (χ1n) is 7.56. The minimum absolute atomic E-state index is 0.361. The Morgan fingerprint density at radius 2 is 1.92 bits per heavy atom. The SMILES string of the molecule is Cc1ccc(NC(=O)c2cc3c(=O)oc4ccccc4c3s2)cc1F. The van der Waals surface area contributed by atoms with Gasteiger partial charge in [-0.05, 0) is 42.8 Å². The van der Waals surface area contributed by atoms with Gasteiger partial charge in [0.25, 0.3) is 5.91 Å². The average molecular weight is 353 g/mol. The summed E-state index contributed by atoms with van der Waals surface area (Å²) in [5, 5.41) is 3.80. The minimum Gasteiger partial charge on any atom is -0.422 e. The highest BCUT2D eigenvalue weighted by molar-refractivity contribution is 7.21. The van der Waals surface area contributed by atoms with Crippen molar-refractivity contribution in [3.63, 3.8) is 0 Å². The van der Waals surface area contributed by atoms with Crippen molar-refractivity contribution in [2.45, 2.75) is 6.92 Å². The molecular weight excluding hydrogens is 341 g/mol. The standard InChI is InChI=1S/C19H12FNO3S/c1-10-6-7-11(8-14(10)20)21-18(22)16-9-13-17(25-16)12-4-2-3-5-15(12)24-19(13)23/h2-9H,1H3,(H,21,22). The summed E-state index contributed by atoms with van der Waals surface area (Å²) in [6.07, 6.45) is 0. The number of carbonyl (C=O) groups is 1. The van der Waals surface area contributed by atoms with Gasteiger partial charge in [-0.2, -0.15) is 0 Å². The molecule has 0 aliphatic heterocycles. The summed E-state index contributed by atoms with van der Waals surface area (Å²) >= 11 is 1.21. The lowest BCUT2D eigenvalue weighted by molar-refractivity contribution is 0.103. The van der Waals surface area contributed by atoms with E-state index in [9.17, 15) is 14.0 Å². The van der Waals surface area contributed by atoms with E-state index in [1.54, 1.807) is 31.2 Å². The number of halogens is 1. The first-order valence-corrected chi connectivity index (χ1v) is 8.37. The summed E-state index contributed by atoms with van der Waals surface area (Å²) in [4.78, 5) is 25.0. The van der Waals surface area contributed by atoms with Crippen LogP contribution in [0.2, 0.25) is 0 Å². The van der Waals surface area contributed by atoms with Crippen molar-refractivity contribution < 1.29 is 13.6 Å². The molecule has 6 heteroatoms. The number of fused-ring (bicyclic) bond motifs is 3. The molecule has 0 spiro atoms. The van der Waals surface area contributed by atoms with E-state index >= 15 is 0 Å². The lowest BCUT2D eigenvalue weighted by Gasteiger charge is -2.04. The van der Waals surface area contributed by atoms with Crippen LogP contribution in [-0.2, 0) is 0 Å². The summed E-state index contributed by atoms with van der Waals surface area (Å²) in [5.41, 5.74) is 0.867. The van der Waals surface area contributed by atoms with Crippen molar-refractivity contribution >= 4 is 44.0 Å². The molecule has 0 fully saturated rings. The number of aryl methyl sites for hydroxylation is 1. The Kier molecular flexibility index (Phi) is 3.62. The molecule has 4 nitrogen and oxygen atoms in total. The number of rotatable bonds is 2. The predicted molar refractivity (Wildman–Crippen MR) is 97.0 cm³/mol. The summed E-state index contributed by atoms with van der Waals surface area (Å²) in [5.74, 6) is -0.784. The van der Waals surface area contributed by atoms with Gasteiger partial charge in [-0.1, -0.05) is 18.2 Å². The van der Waals surface area contributed by atoms with E-state index in [0.717, 1.165) is 5.39 Å². The zero-order chi connectivity index (χ0) is 17.6. The highest BCUT2D eigenvalue weighted by atomic mass is 32.1. The summed E-state index contributed by atoms with van der Waals surface area (Å²) in [7, 11) is 0. The second-order valence-electron chi connectivity index (χ2n) is 5.66. The van der Waals surface area contributed by atoms with E-state index in [4.69, 9.17) is 4.42 Å². The van der Waals surface area contributed by atoms with Gasteiger partial charge in [-0.25, -0.2) is 9.18 Å². The number of carbonyl (C=O) groups excluding carboxylic acids is 1. The molecule has 2 aromatic carbocycles. The molecule has 1 N–H and O–H groups in total. The second kappa shape index (κ2) is 5.82. The Labute approximate surface area is 145 Å². The molecule has 0 radical (unpaired) electrons. The molecular formula is C19H12FNO3S. The fourth-order valence-electron chi connectivity index (χ4n) is 2.62. The Morgan fingerprint density at radius 1 is 1.12 bits per heavy atom. The van der Waals surface area contributed by atoms with Gasteiger partial charge in [0.1, 0.15) is 11.4 Å². The van der Waals surface area contributed by atoms with Crippen molar-refractivity contribution in [3.8, 4) is 0 Å². The maximum atomic E-state index is 13.6. The fourth-order valence-corrected chi connectivity index (χ4v) is 3.69. The molecule has 0 aliphatic rings. The van der Waals surface area contributed by atoms with E-state index in [1.807, 2.05) is 12.1 Å². The molecule has 2 heterocycles. The zero-order valence-corrected chi connectivity index (χ0v) is 13.9. The second-order valence-corrected chi connectivity index (χ2v) is 6.71. The highest BCUT2D eigenvalue weighted by Crippen LogP contribution is 2.30. The molecule has 2 aromatic heterocycles. The number of nitrogens with one attached hydrogen (secondary N) is 1. The number of anilines is 1. The molecule has 0 unspecified atom stereocenters. The third-order valence-electron chi connectivity index (χ3n) is 3.94. The smallest absolute Gasteiger partial charge is 0.345 e.